The molecule has 132 valence electrons. The van der Waals surface area contributed by atoms with Gasteiger partial charge < -0.3 is 9.80 Å². The predicted molar refractivity (Wildman–Crippen MR) is 98.3 cm³/mol. The quantitative estimate of drug-likeness (QED) is 0.848. The van der Waals surface area contributed by atoms with E-state index < -0.39 is 0 Å². The van der Waals surface area contributed by atoms with Crippen molar-refractivity contribution in [2.75, 3.05) is 38.1 Å². The fraction of sp³-hybridized carbons (Fsp3) is 0.400. The minimum atomic E-state index is -0.00406. The van der Waals surface area contributed by atoms with E-state index in [4.69, 9.17) is 0 Å². The summed E-state index contributed by atoms with van der Waals surface area (Å²) >= 11 is 0. The molecule has 1 aromatic carbocycles. The first kappa shape index (κ1) is 17.4. The highest BCUT2D eigenvalue weighted by Crippen LogP contribution is 2.06. The van der Waals surface area contributed by atoms with E-state index in [1.165, 1.54) is 10.5 Å². The number of piperazine rings is 1. The normalized spacial score (nSPS) is 16.5. The second kappa shape index (κ2) is 8.12. The van der Waals surface area contributed by atoms with Gasteiger partial charge >= 0.3 is 0 Å². The molecule has 0 unspecified atom stereocenters. The van der Waals surface area contributed by atoms with Crippen molar-refractivity contribution in [3.63, 3.8) is 0 Å². The van der Waals surface area contributed by atoms with Gasteiger partial charge in [0.15, 0.2) is 6.04 Å². The van der Waals surface area contributed by atoms with Crippen LogP contribution < -0.4 is 14.8 Å². The summed E-state index contributed by atoms with van der Waals surface area (Å²) in [6.07, 6.45) is 1.96. The number of rotatable bonds is 5. The summed E-state index contributed by atoms with van der Waals surface area (Å²) in [5.74, 6) is 1.38. The SMILES string of the molecule is C[C@@H](C(=O)N(C)Cc1ccccc1)[NH+]1CCN(c2cccc[nH+]2)CC1. The van der Waals surface area contributed by atoms with Crippen molar-refractivity contribution >= 4 is 11.7 Å². The number of quaternary nitrogens is 1. The lowest BCUT2D eigenvalue weighted by molar-refractivity contribution is -0.915. The second-order valence-electron chi connectivity index (χ2n) is 6.79. The summed E-state index contributed by atoms with van der Waals surface area (Å²) in [5, 5.41) is 0. The number of carbonyl (C=O) groups is 1. The fourth-order valence-corrected chi connectivity index (χ4v) is 3.49. The van der Waals surface area contributed by atoms with E-state index in [2.05, 4.69) is 41.1 Å². The maximum absolute atomic E-state index is 12.8. The first-order valence-electron chi connectivity index (χ1n) is 9.00. The first-order valence-corrected chi connectivity index (χ1v) is 9.00. The molecule has 3 rings (SSSR count). The number of hydrogen-bond acceptors (Lipinski definition) is 2. The molecule has 1 amide bonds. The number of hydrogen-bond donors (Lipinski definition) is 1. The van der Waals surface area contributed by atoms with Gasteiger partial charge in [-0.25, -0.2) is 4.98 Å². The highest BCUT2D eigenvalue weighted by Gasteiger charge is 2.33. The maximum Gasteiger partial charge on any atom is 0.280 e. The van der Waals surface area contributed by atoms with Crippen LogP contribution in [-0.4, -0.2) is 50.1 Å². The number of pyridine rings is 1. The van der Waals surface area contributed by atoms with Crippen LogP contribution in [0.1, 0.15) is 12.5 Å². The number of aromatic nitrogens is 1. The van der Waals surface area contributed by atoms with Crippen molar-refractivity contribution in [3.8, 4) is 0 Å². The maximum atomic E-state index is 12.8. The summed E-state index contributed by atoms with van der Waals surface area (Å²) in [5.41, 5.74) is 1.17. The van der Waals surface area contributed by atoms with Crippen LogP contribution in [0, 0.1) is 0 Å². The van der Waals surface area contributed by atoms with Crippen LogP contribution in [0.2, 0.25) is 0 Å². The van der Waals surface area contributed by atoms with E-state index in [1.807, 2.05) is 42.4 Å². The smallest absolute Gasteiger partial charge is 0.280 e. The van der Waals surface area contributed by atoms with Gasteiger partial charge in [-0.05, 0) is 18.6 Å². The Morgan fingerprint density at radius 3 is 2.48 bits per heavy atom. The van der Waals surface area contributed by atoms with Crippen LogP contribution in [0.5, 0.6) is 0 Å². The van der Waals surface area contributed by atoms with Crippen LogP contribution >= 0.6 is 0 Å². The van der Waals surface area contributed by atoms with Crippen LogP contribution in [0.4, 0.5) is 5.82 Å². The standard InChI is InChI=1S/C20H26N4O/c1-17(20(25)22(2)16-18-8-4-3-5-9-18)23-12-14-24(15-13-23)19-10-6-7-11-21-19/h3-11,17H,12-16H2,1-2H3/p+2/t17-/m0/s1. The molecule has 0 bridgehead atoms. The number of benzene rings is 1. The summed E-state index contributed by atoms with van der Waals surface area (Å²) in [4.78, 5) is 21.7. The molecule has 0 saturated carbocycles. The van der Waals surface area contributed by atoms with Crippen molar-refractivity contribution < 1.29 is 14.7 Å². The number of carbonyl (C=O) groups excluding carboxylic acids is 1. The van der Waals surface area contributed by atoms with E-state index in [0.717, 1.165) is 32.0 Å². The second-order valence-corrected chi connectivity index (χ2v) is 6.79. The molecule has 0 radical (unpaired) electrons. The highest BCUT2D eigenvalue weighted by molar-refractivity contribution is 5.79. The number of nitrogens with zero attached hydrogens (tertiary/aromatic N) is 2. The molecule has 1 aliphatic heterocycles. The fourth-order valence-electron chi connectivity index (χ4n) is 3.49. The lowest BCUT2D eigenvalue weighted by atomic mass is 10.1. The molecule has 1 atom stereocenters. The Hall–Kier alpha value is -2.40. The average molecular weight is 340 g/mol. The number of amides is 1. The number of likely N-dealkylation sites (N-methyl/N-ethyl adjacent to an activating group) is 1. The molecule has 2 aromatic rings. The van der Waals surface area contributed by atoms with Gasteiger partial charge in [0.25, 0.3) is 11.7 Å². The topological polar surface area (TPSA) is 42.1 Å². The van der Waals surface area contributed by atoms with Crippen molar-refractivity contribution in [2.24, 2.45) is 0 Å². The van der Waals surface area contributed by atoms with Crippen molar-refractivity contribution in [3.05, 3.63) is 60.3 Å². The average Bonchev–Trinajstić information content (AvgIpc) is 2.68. The van der Waals surface area contributed by atoms with Gasteiger partial charge in [-0.15, -0.1) is 0 Å². The van der Waals surface area contributed by atoms with E-state index >= 15 is 0 Å². The number of H-pyrrole nitrogens is 1. The Balaban J connectivity index is 1.53. The Morgan fingerprint density at radius 2 is 1.84 bits per heavy atom. The largest absolute Gasteiger partial charge is 0.336 e. The minimum absolute atomic E-state index is 0.00406. The molecular formula is C20H28N4O+2. The Bertz CT molecular complexity index is 669. The summed E-state index contributed by atoms with van der Waals surface area (Å²) in [6, 6.07) is 16.3. The highest BCUT2D eigenvalue weighted by atomic mass is 16.2. The monoisotopic (exact) mass is 340 g/mol. The molecule has 0 spiro atoms. The van der Waals surface area contributed by atoms with Gasteiger partial charge in [0.1, 0.15) is 26.2 Å². The minimum Gasteiger partial charge on any atom is -0.336 e. The third-order valence-corrected chi connectivity index (χ3v) is 5.06. The Kier molecular flexibility index (Phi) is 5.66. The zero-order valence-corrected chi connectivity index (χ0v) is 15.1. The molecule has 2 N–H and O–H groups in total. The predicted octanol–water partition coefficient (Wildman–Crippen LogP) is 0.253. The van der Waals surface area contributed by atoms with Crippen LogP contribution in [-0.2, 0) is 11.3 Å². The van der Waals surface area contributed by atoms with E-state index in [1.54, 1.807) is 0 Å². The van der Waals surface area contributed by atoms with Gasteiger partial charge in [-0.2, -0.15) is 0 Å². The van der Waals surface area contributed by atoms with Gasteiger partial charge in [0, 0.05) is 19.7 Å². The molecule has 0 aliphatic carbocycles. The van der Waals surface area contributed by atoms with Gasteiger partial charge in [-0.3, -0.25) is 9.69 Å². The van der Waals surface area contributed by atoms with E-state index in [9.17, 15) is 4.79 Å². The molecule has 1 aliphatic rings. The number of aromatic amines is 1. The molecule has 25 heavy (non-hydrogen) atoms. The summed E-state index contributed by atoms with van der Waals surface area (Å²) in [7, 11) is 1.90. The van der Waals surface area contributed by atoms with Crippen LogP contribution in [0.3, 0.4) is 0 Å². The number of nitrogens with one attached hydrogen (secondary N) is 2. The van der Waals surface area contributed by atoms with Crippen molar-refractivity contribution in [1.82, 2.24) is 4.90 Å². The van der Waals surface area contributed by atoms with Crippen molar-refractivity contribution in [1.29, 1.82) is 0 Å². The molecule has 5 nitrogen and oxygen atoms in total. The Labute approximate surface area is 149 Å². The third-order valence-electron chi connectivity index (χ3n) is 5.06. The van der Waals surface area contributed by atoms with Crippen LogP contribution in [0.25, 0.3) is 0 Å². The molecule has 2 heterocycles. The van der Waals surface area contributed by atoms with E-state index in [-0.39, 0.29) is 11.9 Å². The summed E-state index contributed by atoms with van der Waals surface area (Å²) < 4.78 is 0. The van der Waals surface area contributed by atoms with Gasteiger partial charge in [0.2, 0.25) is 0 Å². The number of anilines is 1. The van der Waals surface area contributed by atoms with Gasteiger partial charge in [0.05, 0.1) is 6.20 Å². The molecular weight excluding hydrogens is 312 g/mol. The lowest BCUT2D eigenvalue weighted by Crippen LogP contribution is -3.19. The van der Waals surface area contributed by atoms with E-state index in [0.29, 0.717) is 6.54 Å². The summed E-state index contributed by atoms with van der Waals surface area (Å²) in [6.45, 7) is 6.63. The molecule has 1 fully saturated rings. The Morgan fingerprint density at radius 1 is 1.16 bits per heavy atom. The van der Waals surface area contributed by atoms with Crippen LogP contribution in [0.15, 0.2) is 54.7 Å². The van der Waals surface area contributed by atoms with Gasteiger partial charge in [-0.1, -0.05) is 36.4 Å². The molecule has 1 saturated heterocycles. The third kappa shape index (κ3) is 4.37. The first-order chi connectivity index (χ1) is 12.1. The zero-order chi connectivity index (χ0) is 17.6. The molecule has 5 heteroatoms. The lowest BCUT2D eigenvalue weighted by Gasteiger charge is -2.33. The molecule has 1 aromatic heterocycles. The van der Waals surface area contributed by atoms with Crippen molar-refractivity contribution in [2.45, 2.75) is 19.5 Å². The zero-order valence-electron chi connectivity index (χ0n) is 15.1.